The molecule has 0 aliphatic carbocycles. The van der Waals surface area contributed by atoms with Crippen LogP contribution in [0.25, 0.3) is 22.2 Å². The van der Waals surface area contributed by atoms with Crippen molar-refractivity contribution in [2.24, 2.45) is 0 Å². The number of nitrogens with zero attached hydrogens (tertiary/aromatic N) is 5. The number of carbonyl (C=O) groups is 1. The van der Waals surface area contributed by atoms with Gasteiger partial charge >= 0.3 is 0 Å². The number of hydrogen-bond acceptors (Lipinski definition) is 5. The molecule has 3 aromatic heterocycles. The summed E-state index contributed by atoms with van der Waals surface area (Å²) < 4.78 is 0. The Balaban J connectivity index is 1.74. The number of rotatable bonds is 5. The fraction of sp³-hybridized carbons (Fsp3) is 0.240. The minimum Gasteiger partial charge on any atom is -0.339 e. The molecule has 1 aromatic carbocycles. The molecule has 6 heteroatoms. The van der Waals surface area contributed by atoms with E-state index in [0.717, 1.165) is 33.3 Å². The van der Waals surface area contributed by atoms with Crippen LogP contribution in [0.1, 0.15) is 34.1 Å². The minimum atomic E-state index is -0.0443. The first-order valence-electron chi connectivity index (χ1n) is 10.3. The second kappa shape index (κ2) is 8.60. The van der Waals surface area contributed by atoms with Gasteiger partial charge in [0.15, 0.2) is 0 Å². The monoisotopic (exact) mass is 411 g/mol. The first-order chi connectivity index (χ1) is 15.0. The zero-order valence-corrected chi connectivity index (χ0v) is 18.2. The highest BCUT2D eigenvalue weighted by atomic mass is 16.2. The van der Waals surface area contributed by atoms with Crippen LogP contribution in [0.15, 0.2) is 61.3 Å². The minimum absolute atomic E-state index is 0.0161. The Labute approximate surface area is 182 Å². The van der Waals surface area contributed by atoms with Gasteiger partial charge in [-0.25, -0.2) is 15.0 Å². The third-order valence-corrected chi connectivity index (χ3v) is 5.72. The van der Waals surface area contributed by atoms with E-state index in [1.54, 1.807) is 23.5 Å². The van der Waals surface area contributed by atoms with E-state index in [4.69, 9.17) is 4.98 Å². The SMILES string of the molecule is Cc1cccnc1C[C@H](C)N(C)C(=O)c1cc(-c2cncnc2)nc2c(C)cccc12. The largest absolute Gasteiger partial charge is 0.339 e. The van der Waals surface area contributed by atoms with Crippen molar-refractivity contribution in [3.05, 3.63) is 83.7 Å². The van der Waals surface area contributed by atoms with Crippen LogP contribution in [-0.2, 0) is 6.42 Å². The van der Waals surface area contributed by atoms with Crippen molar-refractivity contribution in [2.45, 2.75) is 33.2 Å². The van der Waals surface area contributed by atoms with Crippen LogP contribution in [0.3, 0.4) is 0 Å². The number of aromatic nitrogens is 4. The summed E-state index contributed by atoms with van der Waals surface area (Å²) in [6.45, 7) is 6.10. The number of pyridine rings is 2. The van der Waals surface area contributed by atoms with Gasteiger partial charge in [0.25, 0.3) is 5.91 Å². The fourth-order valence-electron chi connectivity index (χ4n) is 3.69. The Kier molecular flexibility index (Phi) is 5.71. The molecule has 0 bridgehead atoms. The summed E-state index contributed by atoms with van der Waals surface area (Å²) >= 11 is 0. The van der Waals surface area contributed by atoms with Crippen molar-refractivity contribution < 1.29 is 4.79 Å². The van der Waals surface area contributed by atoms with Crippen molar-refractivity contribution >= 4 is 16.8 Å². The molecule has 156 valence electrons. The number of carbonyl (C=O) groups excluding carboxylic acids is 1. The predicted molar refractivity (Wildman–Crippen MR) is 122 cm³/mol. The first kappa shape index (κ1) is 20.6. The zero-order chi connectivity index (χ0) is 22.0. The molecular formula is C25H25N5O. The van der Waals surface area contributed by atoms with Crippen LogP contribution in [0.2, 0.25) is 0 Å². The number of fused-ring (bicyclic) bond motifs is 1. The summed E-state index contributed by atoms with van der Waals surface area (Å²) in [4.78, 5) is 32.9. The molecule has 0 unspecified atom stereocenters. The summed E-state index contributed by atoms with van der Waals surface area (Å²) in [5.41, 5.74) is 6.06. The Hall–Kier alpha value is -3.67. The molecular weight excluding hydrogens is 386 g/mol. The molecule has 0 N–H and O–H groups in total. The Bertz CT molecular complexity index is 1240. The molecule has 4 rings (SSSR count). The van der Waals surface area contributed by atoms with E-state index in [9.17, 15) is 4.79 Å². The van der Waals surface area contributed by atoms with Gasteiger partial charge in [-0.15, -0.1) is 0 Å². The van der Waals surface area contributed by atoms with Crippen molar-refractivity contribution in [2.75, 3.05) is 7.05 Å². The Morgan fingerprint density at radius 2 is 1.81 bits per heavy atom. The van der Waals surface area contributed by atoms with Gasteiger partial charge < -0.3 is 4.90 Å². The maximum atomic E-state index is 13.6. The quantitative estimate of drug-likeness (QED) is 0.486. The van der Waals surface area contributed by atoms with Gasteiger partial charge in [-0.2, -0.15) is 0 Å². The Morgan fingerprint density at radius 3 is 2.55 bits per heavy atom. The normalized spacial score (nSPS) is 12.0. The van der Waals surface area contributed by atoms with Gasteiger partial charge in [-0.1, -0.05) is 24.3 Å². The maximum Gasteiger partial charge on any atom is 0.254 e. The highest BCUT2D eigenvalue weighted by Gasteiger charge is 2.22. The summed E-state index contributed by atoms with van der Waals surface area (Å²) in [5, 5.41) is 0.846. The predicted octanol–water partition coefficient (Wildman–Crippen LogP) is 4.41. The van der Waals surface area contributed by atoms with Crippen LogP contribution in [-0.4, -0.2) is 43.8 Å². The second-order valence-corrected chi connectivity index (χ2v) is 7.89. The van der Waals surface area contributed by atoms with E-state index < -0.39 is 0 Å². The van der Waals surface area contributed by atoms with Gasteiger partial charge in [0, 0.05) is 54.7 Å². The lowest BCUT2D eigenvalue weighted by atomic mass is 10.0. The van der Waals surface area contributed by atoms with Gasteiger partial charge in [-0.3, -0.25) is 9.78 Å². The van der Waals surface area contributed by atoms with Crippen LogP contribution in [0.4, 0.5) is 0 Å². The third kappa shape index (κ3) is 4.14. The fourth-order valence-corrected chi connectivity index (χ4v) is 3.69. The lowest BCUT2D eigenvalue weighted by Gasteiger charge is -2.26. The van der Waals surface area contributed by atoms with E-state index in [1.165, 1.54) is 6.33 Å². The summed E-state index contributed by atoms with van der Waals surface area (Å²) in [7, 11) is 1.85. The molecule has 0 radical (unpaired) electrons. The molecule has 0 spiro atoms. The smallest absolute Gasteiger partial charge is 0.254 e. The number of hydrogen-bond donors (Lipinski definition) is 0. The van der Waals surface area contributed by atoms with Crippen LogP contribution < -0.4 is 0 Å². The van der Waals surface area contributed by atoms with Crippen molar-refractivity contribution in [3.8, 4) is 11.3 Å². The van der Waals surface area contributed by atoms with Crippen LogP contribution in [0.5, 0.6) is 0 Å². The summed E-state index contributed by atoms with van der Waals surface area (Å²) in [5.74, 6) is -0.0443. The van der Waals surface area contributed by atoms with Gasteiger partial charge in [-0.05, 0) is 44.0 Å². The van der Waals surface area contributed by atoms with Crippen molar-refractivity contribution in [1.29, 1.82) is 0 Å². The highest BCUT2D eigenvalue weighted by molar-refractivity contribution is 6.07. The van der Waals surface area contributed by atoms with E-state index >= 15 is 0 Å². The average molecular weight is 412 g/mol. The van der Waals surface area contributed by atoms with Gasteiger partial charge in [0.05, 0.1) is 16.8 Å². The molecule has 1 amide bonds. The molecule has 0 aliphatic heterocycles. The van der Waals surface area contributed by atoms with E-state index in [2.05, 4.69) is 15.0 Å². The van der Waals surface area contributed by atoms with E-state index in [0.29, 0.717) is 17.7 Å². The van der Waals surface area contributed by atoms with E-state index in [-0.39, 0.29) is 11.9 Å². The zero-order valence-electron chi connectivity index (χ0n) is 18.2. The third-order valence-electron chi connectivity index (χ3n) is 5.72. The number of para-hydroxylation sites is 1. The molecule has 3 heterocycles. The van der Waals surface area contributed by atoms with Crippen LogP contribution >= 0.6 is 0 Å². The molecule has 6 nitrogen and oxygen atoms in total. The number of aryl methyl sites for hydroxylation is 2. The number of likely N-dealkylation sites (N-methyl/N-ethyl adjacent to an activating group) is 1. The van der Waals surface area contributed by atoms with Crippen molar-refractivity contribution in [3.63, 3.8) is 0 Å². The number of benzene rings is 1. The molecule has 4 aromatic rings. The molecule has 0 aliphatic rings. The highest BCUT2D eigenvalue weighted by Crippen LogP contribution is 2.27. The van der Waals surface area contributed by atoms with Crippen molar-refractivity contribution in [1.82, 2.24) is 24.8 Å². The maximum absolute atomic E-state index is 13.6. The molecule has 31 heavy (non-hydrogen) atoms. The molecule has 0 saturated heterocycles. The lowest BCUT2D eigenvalue weighted by Crippen LogP contribution is -2.37. The Morgan fingerprint density at radius 1 is 1.06 bits per heavy atom. The van der Waals surface area contributed by atoms with Crippen LogP contribution in [0, 0.1) is 13.8 Å². The second-order valence-electron chi connectivity index (χ2n) is 7.89. The van der Waals surface area contributed by atoms with Gasteiger partial charge in [0.1, 0.15) is 6.33 Å². The first-order valence-corrected chi connectivity index (χ1v) is 10.3. The summed E-state index contributed by atoms with van der Waals surface area (Å²) in [6, 6.07) is 11.7. The average Bonchev–Trinajstić information content (AvgIpc) is 2.80. The van der Waals surface area contributed by atoms with E-state index in [1.807, 2.05) is 64.2 Å². The molecule has 0 fully saturated rings. The molecule has 0 saturated carbocycles. The molecule has 1 atom stereocenters. The summed E-state index contributed by atoms with van der Waals surface area (Å²) in [6.07, 6.45) is 7.39. The van der Waals surface area contributed by atoms with Gasteiger partial charge in [0.2, 0.25) is 0 Å². The topological polar surface area (TPSA) is 71.9 Å². The number of amides is 1. The lowest BCUT2D eigenvalue weighted by molar-refractivity contribution is 0.0744. The standard InChI is InChI=1S/C25H25N5O/c1-16-8-6-10-28-22(16)11-18(3)30(4)25(31)21-12-23(19-13-26-15-27-14-19)29-24-17(2)7-5-9-20(21)24/h5-10,12-15,18H,11H2,1-4H3/t18-/m0/s1.